The number of benzene rings is 1. The largest absolute Gasteiger partial charge is 0.345 e. The monoisotopic (exact) mass is 332 g/mol. The van der Waals surface area contributed by atoms with E-state index in [4.69, 9.17) is 0 Å². The third-order valence-corrected chi connectivity index (χ3v) is 4.66. The third-order valence-electron chi connectivity index (χ3n) is 4.66. The summed E-state index contributed by atoms with van der Waals surface area (Å²) in [6, 6.07) is 6.56. The predicted octanol–water partition coefficient (Wildman–Crippen LogP) is 0.346. The average Bonchev–Trinajstić information content (AvgIpc) is 2.53. The minimum Gasteiger partial charge on any atom is -0.345 e. The van der Waals surface area contributed by atoms with Crippen molar-refractivity contribution in [3.05, 3.63) is 34.9 Å². The molecule has 1 aromatic rings. The molecular formula is C19H30N3O2+. The van der Waals surface area contributed by atoms with Crippen LogP contribution in [0.25, 0.3) is 0 Å². The number of carbonyl (C=O) groups is 2. The van der Waals surface area contributed by atoms with Gasteiger partial charge in [0, 0.05) is 14.1 Å². The Bertz CT molecular complexity index is 598. The number of quaternary nitrogens is 1. The highest BCUT2D eigenvalue weighted by Gasteiger charge is 2.18. The summed E-state index contributed by atoms with van der Waals surface area (Å²) in [6.45, 7) is 2.64. The molecule has 0 fully saturated rings. The minimum atomic E-state index is -0.0238. The van der Waals surface area contributed by atoms with Crippen molar-refractivity contribution < 1.29 is 14.5 Å². The van der Waals surface area contributed by atoms with Crippen molar-refractivity contribution in [1.29, 1.82) is 0 Å². The normalized spacial score (nSPS) is 16.0. The molecule has 2 atom stereocenters. The van der Waals surface area contributed by atoms with Gasteiger partial charge in [0.1, 0.15) is 0 Å². The smallest absolute Gasteiger partial charge is 0.277 e. The van der Waals surface area contributed by atoms with Crippen molar-refractivity contribution in [3.8, 4) is 0 Å². The van der Waals surface area contributed by atoms with Gasteiger partial charge in [-0.15, -0.1) is 0 Å². The zero-order valence-electron chi connectivity index (χ0n) is 15.3. The van der Waals surface area contributed by atoms with E-state index in [1.54, 1.807) is 19.0 Å². The van der Waals surface area contributed by atoms with Gasteiger partial charge < -0.3 is 15.1 Å². The highest BCUT2D eigenvalue weighted by molar-refractivity contribution is 5.79. The van der Waals surface area contributed by atoms with Crippen LogP contribution in [0.5, 0.6) is 0 Å². The molecule has 5 nitrogen and oxygen atoms in total. The lowest BCUT2D eigenvalue weighted by Gasteiger charge is -2.21. The first kappa shape index (κ1) is 18.5. The van der Waals surface area contributed by atoms with Crippen molar-refractivity contribution in [2.75, 3.05) is 34.2 Å². The number of nitrogens with one attached hydrogen (secondary N) is 2. The first-order valence-corrected chi connectivity index (χ1v) is 8.79. The molecule has 0 aliphatic heterocycles. The van der Waals surface area contributed by atoms with Crippen LogP contribution in [0.1, 0.15) is 42.5 Å². The van der Waals surface area contributed by atoms with E-state index < -0.39 is 0 Å². The van der Waals surface area contributed by atoms with Crippen LogP contribution < -0.4 is 10.2 Å². The lowest BCUT2D eigenvalue weighted by Crippen LogP contribution is -3.11. The van der Waals surface area contributed by atoms with Crippen LogP contribution in [-0.4, -0.2) is 50.9 Å². The number of amides is 2. The van der Waals surface area contributed by atoms with Crippen LogP contribution in [0.15, 0.2) is 18.2 Å². The van der Waals surface area contributed by atoms with E-state index in [0.717, 1.165) is 16.9 Å². The fourth-order valence-corrected chi connectivity index (χ4v) is 3.15. The highest BCUT2D eigenvalue weighted by Crippen LogP contribution is 2.24. The molecule has 0 heterocycles. The summed E-state index contributed by atoms with van der Waals surface area (Å²) in [4.78, 5) is 26.4. The second kappa shape index (κ2) is 8.29. The molecule has 0 bridgehead atoms. The summed E-state index contributed by atoms with van der Waals surface area (Å²) in [6.07, 6.45) is 4.85. The summed E-state index contributed by atoms with van der Waals surface area (Å²) in [7, 11) is 5.33. The lowest BCUT2D eigenvalue weighted by atomic mass is 9.89. The van der Waals surface area contributed by atoms with Crippen LogP contribution in [0.4, 0.5) is 0 Å². The van der Waals surface area contributed by atoms with Gasteiger partial charge in [-0.2, -0.15) is 0 Å². The maximum atomic E-state index is 12.2. The molecule has 2 rings (SSSR count). The van der Waals surface area contributed by atoms with Gasteiger partial charge >= 0.3 is 0 Å². The Hall–Kier alpha value is -1.88. The number of nitrogens with zero attached hydrogens (tertiary/aromatic N) is 1. The molecule has 2 amide bonds. The van der Waals surface area contributed by atoms with Gasteiger partial charge in [-0.25, -0.2) is 0 Å². The van der Waals surface area contributed by atoms with Crippen molar-refractivity contribution in [2.24, 2.45) is 0 Å². The fourth-order valence-electron chi connectivity index (χ4n) is 3.15. The van der Waals surface area contributed by atoms with Crippen LogP contribution in [-0.2, 0) is 22.4 Å². The van der Waals surface area contributed by atoms with Crippen molar-refractivity contribution in [2.45, 2.75) is 38.6 Å². The quantitative estimate of drug-likeness (QED) is 0.790. The Morgan fingerprint density at radius 3 is 2.50 bits per heavy atom. The molecule has 0 aromatic heterocycles. The fraction of sp³-hybridized carbons (Fsp3) is 0.579. The third kappa shape index (κ3) is 5.06. The van der Waals surface area contributed by atoms with Crippen molar-refractivity contribution >= 4 is 11.8 Å². The molecule has 1 aliphatic carbocycles. The molecule has 0 spiro atoms. The van der Waals surface area contributed by atoms with Gasteiger partial charge in [0.05, 0.1) is 13.1 Å². The standard InChI is InChI=1S/C19H29N3O2/c1-14(16-10-9-15-7-5-6-8-17(15)11-16)20-18(23)12-22(4)13-19(24)21(2)3/h9-11,14H,5-8,12-13H2,1-4H3,(H,20,23)/p+1/t14-/m1/s1. The second-order valence-electron chi connectivity index (χ2n) is 7.12. The zero-order chi connectivity index (χ0) is 17.7. The van der Waals surface area contributed by atoms with Gasteiger partial charge in [-0.1, -0.05) is 18.2 Å². The maximum absolute atomic E-state index is 12.2. The summed E-state index contributed by atoms with van der Waals surface area (Å²) >= 11 is 0. The highest BCUT2D eigenvalue weighted by atomic mass is 16.2. The van der Waals surface area contributed by atoms with E-state index in [0.29, 0.717) is 13.1 Å². The summed E-state index contributed by atoms with van der Waals surface area (Å²) in [5.74, 6) is 0.00677. The summed E-state index contributed by atoms with van der Waals surface area (Å²) in [5.41, 5.74) is 4.04. The number of carbonyl (C=O) groups excluding carboxylic acids is 2. The number of aryl methyl sites for hydroxylation is 2. The first-order valence-electron chi connectivity index (χ1n) is 8.79. The number of rotatable bonds is 6. The molecular weight excluding hydrogens is 302 g/mol. The molecule has 2 N–H and O–H groups in total. The maximum Gasteiger partial charge on any atom is 0.277 e. The van der Waals surface area contributed by atoms with E-state index in [9.17, 15) is 9.59 Å². The molecule has 0 saturated heterocycles. The van der Waals surface area contributed by atoms with Gasteiger partial charge in [-0.3, -0.25) is 9.59 Å². The summed E-state index contributed by atoms with van der Waals surface area (Å²) < 4.78 is 0. The number of fused-ring (bicyclic) bond motifs is 1. The Balaban J connectivity index is 1.88. The van der Waals surface area contributed by atoms with Crippen LogP contribution in [0, 0.1) is 0 Å². The number of likely N-dealkylation sites (N-methyl/N-ethyl adjacent to an activating group) is 2. The molecule has 1 aliphatic rings. The van der Waals surface area contributed by atoms with Gasteiger partial charge in [0.15, 0.2) is 13.1 Å². The van der Waals surface area contributed by atoms with E-state index >= 15 is 0 Å². The van der Waals surface area contributed by atoms with Gasteiger partial charge in [0.2, 0.25) is 0 Å². The molecule has 0 radical (unpaired) electrons. The lowest BCUT2D eigenvalue weighted by molar-refractivity contribution is -0.862. The van der Waals surface area contributed by atoms with E-state index in [-0.39, 0.29) is 17.9 Å². The van der Waals surface area contributed by atoms with Crippen molar-refractivity contribution in [3.63, 3.8) is 0 Å². The van der Waals surface area contributed by atoms with E-state index in [1.807, 2.05) is 14.0 Å². The van der Waals surface area contributed by atoms with E-state index in [1.165, 1.54) is 30.4 Å². The van der Waals surface area contributed by atoms with Crippen molar-refractivity contribution in [1.82, 2.24) is 10.2 Å². The minimum absolute atomic E-state index is 0.0120. The Morgan fingerprint density at radius 1 is 1.17 bits per heavy atom. The topological polar surface area (TPSA) is 53.9 Å². The number of hydrogen-bond donors (Lipinski definition) is 2. The van der Waals surface area contributed by atoms with Crippen LogP contribution >= 0.6 is 0 Å². The predicted molar refractivity (Wildman–Crippen MR) is 95.0 cm³/mol. The Morgan fingerprint density at radius 2 is 1.83 bits per heavy atom. The molecule has 1 aromatic carbocycles. The van der Waals surface area contributed by atoms with Crippen LogP contribution in [0.2, 0.25) is 0 Å². The van der Waals surface area contributed by atoms with Crippen LogP contribution in [0.3, 0.4) is 0 Å². The zero-order valence-corrected chi connectivity index (χ0v) is 15.3. The molecule has 1 unspecified atom stereocenters. The number of hydrogen-bond acceptors (Lipinski definition) is 2. The molecule has 0 saturated carbocycles. The molecule has 5 heteroatoms. The first-order chi connectivity index (χ1) is 11.4. The van der Waals surface area contributed by atoms with Gasteiger partial charge in [0.25, 0.3) is 11.8 Å². The Kier molecular flexibility index (Phi) is 6.37. The second-order valence-corrected chi connectivity index (χ2v) is 7.12. The average molecular weight is 332 g/mol. The molecule has 24 heavy (non-hydrogen) atoms. The Labute approximate surface area is 145 Å². The SMILES string of the molecule is C[C@@H](NC(=O)C[NH+](C)CC(=O)N(C)C)c1ccc2c(c1)CCCC2. The van der Waals surface area contributed by atoms with Gasteiger partial charge in [-0.05, 0) is 49.3 Å². The summed E-state index contributed by atoms with van der Waals surface area (Å²) in [5, 5.41) is 3.05. The molecule has 132 valence electrons. The van der Waals surface area contributed by atoms with E-state index in [2.05, 4.69) is 23.5 Å².